The third-order valence-electron chi connectivity index (χ3n) is 2.47. The van der Waals surface area contributed by atoms with Crippen molar-refractivity contribution in [2.45, 2.75) is 13.3 Å². The van der Waals surface area contributed by atoms with Crippen LogP contribution in [0.25, 0.3) is 0 Å². The summed E-state index contributed by atoms with van der Waals surface area (Å²) >= 11 is 1.71. The van der Waals surface area contributed by atoms with Crippen molar-refractivity contribution in [3.05, 3.63) is 45.9 Å². The van der Waals surface area contributed by atoms with Crippen molar-refractivity contribution in [2.75, 3.05) is 0 Å². The van der Waals surface area contributed by atoms with E-state index in [0.29, 0.717) is 0 Å². The molecule has 0 radical (unpaired) electrons. The van der Waals surface area contributed by atoms with Gasteiger partial charge in [0.15, 0.2) is 0 Å². The van der Waals surface area contributed by atoms with E-state index < -0.39 is 0 Å². The third-order valence-corrected chi connectivity index (χ3v) is 3.43. The molecule has 0 spiro atoms. The van der Waals surface area contributed by atoms with Gasteiger partial charge in [0.25, 0.3) is 0 Å². The number of hydrogen-bond donors (Lipinski definition) is 0. The average Bonchev–Trinajstić information content (AvgIpc) is 2.82. The van der Waals surface area contributed by atoms with Crippen LogP contribution < -0.4 is 0 Å². The molecule has 1 aliphatic rings. The van der Waals surface area contributed by atoms with Crippen molar-refractivity contribution in [1.82, 2.24) is 4.98 Å². The van der Waals surface area contributed by atoms with E-state index in [9.17, 15) is 0 Å². The van der Waals surface area contributed by atoms with Gasteiger partial charge in [-0.05, 0) is 18.6 Å². The number of rotatable bonds is 1. The molecule has 3 heteroatoms. The summed E-state index contributed by atoms with van der Waals surface area (Å²) in [7, 11) is 0. The molecular formula is C12H10N2S. The van der Waals surface area contributed by atoms with Crippen LogP contribution in [0.1, 0.15) is 15.4 Å². The van der Waals surface area contributed by atoms with E-state index in [0.717, 1.165) is 22.8 Å². The van der Waals surface area contributed by atoms with Crippen molar-refractivity contribution in [3.63, 3.8) is 0 Å². The Morgan fingerprint density at radius 3 is 2.87 bits per heavy atom. The van der Waals surface area contributed by atoms with Crippen molar-refractivity contribution >= 4 is 22.7 Å². The van der Waals surface area contributed by atoms with Gasteiger partial charge in [-0.25, -0.2) is 9.98 Å². The molecule has 1 aliphatic heterocycles. The first-order chi connectivity index (χ1) is 7.33. The molecule has 0 amide bonds. The van der Waals surface area contributed by atoms with E-state index in [1.807, 2.05) is 12.3 Å². The lowest BCUT2D eigenvalue weighted by Crippen LogP contribution is -1.98. The van der Waals surface area contributed by atoms with E-state index in [4.69, 9.17) is 0 Å². The van der Waals surface area contributed by atoms with Crippen LogP contribution in [0, 0.1) is 6.92 Å². The number of hydrogen-bond acceptors (Lipinski definition) is 3. The summed E-state index contributed by atoms with van der Waals surface area (Å²) in [5.41, 5.74) is 3.51. The second kappa shape index (κ2) is 3.28. The molecule has 2 nitrogen and oxygen atoms in total. The Morgan fingerprint density at radius 1 is 1.27 bits per heavy atom. The average molecular weight is 214 g/mol. The lowest BCUT2D eigenvalue weighted by Gasteiger charge is -1.93. The smallest absolute Gasteiger partial charge is 0.138 e. The van der Waals surface area contributed by atoms with Crippen LogP contribution in [0.5, 0.6) is 0 Å². The second-order valence-corrected chi connectivity index (χ2v) is 4.87. The predicted octanol–water partition coefficient (Wildman–Crippen LogP) is 3.13. The summed E-state index contributed by atoms with van der Waals surface area (Å²) in [6.45, 7) is 2.07. The first-order valence-electron chi connectivity index (χ1n) is 4.91. The number of aryl methyl sites for hydroxylation is 1. The highest BCUT2D eigenvalue weighted by Crippen LogP contribution is 2.29. The number of para-hydroxylation sites is 1. The van der Waals surface area contributed by atoms with Gasteiger partial charge in [0.2, 0.25) is 0 Å². The standard InChI is InChI=1S/C12H10N2S/c1-8-7-13-12(15-8)11-6-9-4-2-3-5-10(9)14-11/h2-5,7H,6H2,1H3. The Kier molecular flexibility index (Phi) is 1.92. The van der Waals surface area contributed by atoms with Crippen molar-refractivity contribution in [3.8, 4) is 0 Å². The zero-order valence-corrected chi connectivity index (χ0v) is 9.21. The Hall–Kier alpha value is -1.48. The first kappa shape index (κ1) is 8.80. The van der Waals surface area contributed by atoms with Crippen LogP contribution in [0.2, 0.25) is 0 Å². The van der Waals surface area contributed by atoms with Crippen molar-refractivity contribution in [1.29, 1.82) is 0 Å². The summed E-state index contributed by atoms with van der Waals surface area (Å²) in [6.07, 6.45) is 2.83. The number of benzene rings is 1. The normalized spacial score (nSPS) is 13.8. The molecule has 3 rings (SSSR count). The van der Waals surface area contributed by atoms with Gasteiger partial charge in [-0.1, -0.05) is 18.2 Å². The first-order valence-corrected chi connectivity index (χ1v) is 5.73. The van der Waals surface area contributed by atoms with E-state index in [1.165, 1.54) is 10.4 Å². The molecule has 0 aliphatic carbocycles. The van der Waals surface area contributed by atoms with E-state index >= 15 is 0 Å². The molecular weight excluding hydrogens is 204 g/mol. The topological polar surface area (TPSA) is 25.2 Å². The van der Waals surface area contributed by atoms with Crippen LogP contribution in [0.4, 0.5) is 5.69 Å². The Morgan fingerprint density at radius 2 is 2.13 bits per heavy atom. The molecule has 2 aromatic rings. The van der Waals surface area contributed by atoms with Crippen LogP contribution >= 0.6 is 11.3 Å². The molecule has 0 saturated heterocycles. The molecule has 0 fully saturated rings. The van der Waals surface area contributed by atoms with Gasteiger partial charge < -0.3 is 0 Å². The van der Waals surface area contributed by atoms with Crippen LogP contribution in [0.3, 0.4) is 0 Å². The van der Waals surface area contributed by atoms with Gasteiger partial charge in [0.05, 0.1) is 11.4 Å². The molecule has 74 valence electrons. The highest BCUT2D eigenvalue weighted by atomic mass is 32.1. The van der Waals surface area contributed by atoms with Gasteiger partial charge in [-0.3, -0.25) is 0 Å². The monoisotopic (exact) mass is 214 g/mol. The summed E-state index contributed by atoms with van der Waals surface area (Å²) < 4.78 is 0. The number of fused-ring (bicyclic) bond motifs is 1. The molecule has 0 atom stereocenters. The quantitative estimate of drug-likeness (QED) is 0.716. The second-order valence-electron chi connectivity index (χ2n) is 3.64. The summed E-state index contributed by atoms with van der Waals surface area (Å²) in [6, 6.07) is 8.28. The van der Waals surface area contributed by atoms with E-state index in [1.54, 1.807) is 11.3 Å². The Labute approximate surface area is 92.3 Å². The van der Waals surface area contributed by atoms with Gasteiger partial charge in [-0.2, -0.15) is 0 Å². The number of aliphatic imine (C=N–C) groups is 1. The lowest BCUT2D eigenvalue weighted by atomic mass is 10.1. The molecule has 0 bridgehead atoms. The number of aromatic nitrogens is 1. The zero-order chi connectivity index (χ0) is 10.3. The van der Waals surface area contributed by atoms with Crippen molar-refractivity contribution in [2.24, 2.45) is 4.99 Å². The maximum absolute atomic E-state index is 4.60. The van der Waals surface area contributed by atoms with Gasteiger partial charge in [0, 0.05) is 17.5 Å². The molecule has 2 heterocycles. The SMILES string of the molecule is Cc1cnc(C2=Nc3ccccc3C2)s1. The lowest BCUT2D eigenvalue weighted by molar-refractivity contribution is 1.32. The minimum atomic E-state index is 0.920. The molecule has 15 heavy (non-hydrogen) atoms. The van der Waals surface area contributed by atoms with Gasteiger partial charge in [-0.15, -0.1) is 11.3 Å². The summed E-state index contributed by atoms with van der Waals surface area (Å²) in [5.74, 6) is 0. The minimum absolute atomic E-state index is 0.920. The summed E-state index contributed by atoms with van der Waals surface area (Å²) in [5, 5.41) is 1.06. The van der Waals surface area contributed by atoms with E-state index in [2.05, 4.69) is 35.1 Å². The highest BCUT2D eigenvalue weighted by Gasteiger charge is 2.17. The fourth-order valence-electron chi connectivity index (χ4n) is 1.75. The molecule has 1 aromatic carbocycles. The Bertz CT molecular complexity index is 540. The zero-order valence-electron chi connectivity index (χ0n) is 8.40. The largest absolute Gasteiger partial charge is 0.250 e. The maximum Gasteiger partial charge on any atom is 0.138 e. The van der Waals surface area contributed by atoms with Crippen LogP contribution in [-0.4, -0.2) is 10.7 Å². The number of thiazole rings is 1. The van der Waals surface area contributed by atoms with Crippen molar-refractivity contribution < 1.29 is 0 Å². The predicted molar refractivity (Wildman–Crippen MR) is 63.2 cm³/mol. The number of nitrogens with zero attached hydrogens (tertiary/aromatic N) is 2. The van der Waals surface area contributed by atoms with Gasteiger partial charge in [0.1, 0.15) is 5.01 Å². The third kappa shape index (κ3) is 1.49. The molecule has 1 aromatic heterocycles. The summed E-state index contributed by atoms with van der Waals surface area (Å²) in [4.78, 5) is 10.2. The van der Waals surface area contributed by atoms with Crippen LogP contribution in [0.15, 0.2) is 35.5 Å². The molecule has 0 saturated carbocycles. The van der Waals surface area contributed by atoms with E-state index in [-0.39, 0.29) is 0 Å². The highest BCUT2D eigenvalue weighted by molar-refractivity contribution is 7.13. The molecule has 0 unspecified atom stereocenters. The van der Waals surface area contributed by atoms with Gasteiger partial charge >= 0.3 is 0 Å². The maximum atomic E-state index is 4.60. The minimum Gasteiger partial charge on any atom is -0.250 e. The fraction of sp³-hybridized carbons (Fsp3) is 0.167. The Balaban J connectivity index is 2.01. The van der Waals surface area contributed by atoms with Crippen LogP contribution in [-0.2, 0) is 6.42 Å². The fourth-order valence-corrected chi connectivity index (χ4v) is 2.50. The molecule has 0 N–H and O–H groups in total.